The Morgan fingerprint density at radius 3 is 0.694 bits per heavy atom. The lowest BCUT2D eigenvalue weighted by atomic mass is 9.98. The summed E-state index contributed by atoms with van der Waals surface area (Å²) in [4.78, 5) is 16.1. The van der Waals surface area contributed by atoms with Gasteiger partial charge in [-0.2, -0.15) is 0 Å². The zero-order chi connectivity index (χ0) is 70.7. The van der Waals surface area contributed by atoms with Gasteiger partial charge in [-0.1, -0.05) is 224 Å². The van der Waals surface area contributed by atoms with Crippen LogP contribution in [0.5, 0.6) is 0 Å². The van der Waals surface area contributed by atoms with Crippen molar-refractivity contribution in [2.24, 2.45) is 0 Å². The van der Waals surface area contributed by atoms with Gasteiger partial charge in [0, 0.05) is 115 Å². The molecule has 0 radical (unpaired) electrons. The van der Waals surface area contributed by atoms with Crippen LogP contribution in [0.25, 0.3) is 210 Å². The van der Waals surface area contributed by atoms with E-state index in [1.165, 1.54) is 43.1 Å². The summed E-state index contributed by atoms with van der Waals surface area (Å²) in [5.41, 5.74) is 24.5. The molecule has 0 unspecified atom stereocenters. The number of hydrogen-bond donors (Lipinski definition) is 0. The molecule has 0 atom stereocenters. The number of nitrogens with zero attached hydrogens (tertiary/aromatic N) is 9. The summed E-state index contributed by atoms with van der Waals surface area (Å²) in [5.74, 6) is 1.75. The summed E-state index contributed by atoms with van der Waals surface area (Å²) in [5, 5.41) is 14.2. The molecule has 23 rings (SSSR count). The van der Waals surface area contributed by atoms with Crippen molar-refractivity contribution in [3.63, 3.8) is 0 Å². The maximum Gasteiger partial charge on any atom is 0.164 e. The number of aromatic nitrogens is 9. The van der Waals surface area contributed by atoms with Crippen molar-refractivity contribution in [3.05, 3.63) is 370 Å². The molecule has 0 N–H and O–H groups in total. The molecule has 0 saturated heterocycles. The maximum absolute atomic E-state index is 5.43. The predicted molar refractivity (Wildman–Crippen MR) is 448 cm³/mol. The molecule has 0 aliphatic carbocycles. The van der Waals surface area contributed by atoms with Crippen molar-refractivity contribution in [2.75, 3.05) is 0 Å². The molecule has 0 bridgehead atoms. The highest BCUT2D eigenvalue weighted by atomic mass is 15.1. The van der Waals surface area contributed by atoms with E-state index in [1.807, 2.05) is 36.4 Å². The summed E-state index contributed by atoms with van der Waals surface area (Å²) in [6, 6.07) is 135. The van der Waals surface area contributed by atoms with Crippen molar-refractivity contribution in [2.45, 2.75) is 0 Å². The molecule has 16 aromatic carbocycles. The first-order valence-electron chi connectivity index (χ1n) is 36.8. The molecule has 0 spiro atoms. The van der Waals surface area contributed by atoms with Crippen molar-refractivity contribution in [1.29, 1.82) is 0 Å². The van der Waals surface area contributed by atoms with Gasteiger partial charge in [0.2, 0.25) is 0 Å². The fourth-order valence-electron chi connectivity index (χ4n) is 17.8. The van der Waals surface area contributed by atoms with E-state index in [9.17, 15) is 0 Å². The van der Waals surface area contributed by atoms with Gasteiger partial charge in [0.1, 0.15) is 0 Å². The quantitative estimate of drug-likeness (QED) is 0.137. The first-order valence-corrected chi connectivity index (χ1v) is 36.8. The predicted octanol–water partition coefficient (Wildman–Crippen LogP) is 25.1. The summed E-state index contributed by atoms with van der Waals surface area (Å²) in [6.07, 6.45) is 0. The van der Waals surface area contributed by atoms with Crippen LogP contribution in [-0.2, 0) is 0 Å². The van der Waals surface area contributed by atoms with Crippen LogP contribution in [0.3, 0.4) is 0 Å². The van der Waals surface area contributed by atoms with Gasteiger partial charge in [0.05, 0.1) is 77.6 Å². The van der Waals surface area contributed by atoms with Gasteiger partial charge < -0.3 is 27.4 Å². The Morgan fingerprint density at radius 2 is 0.389 bits per heavy atom. The van der Waals surface area contributed by atoms with Crippen molar-refractivity contribution >= 4 is 131 Å². The molecule has 7 heterocycles. The van der Waals surface area contributed by atoms with E-state index >= 15 is 0 Å². The third-order valence-electron chi connectivity index (χ3n) is 22.4. The number of hydrogen-bond acceptors (Lipinski definition) is 3. The van der Waals surface area contributed by atoms with Crippen LogP contribution in [0, 0.1) is 0 Å². The molecule has 0 aliphatic heterocycles. The van der Waals surface area contributed by atoms with E-state index in [0.717, 1.165) is 150 Å². The second kappa shape index (κ2) is 23.4. The Hall–Kier alpha value is -14.7. The van der Waals surface area contributed by atoms with Crippen LogP contribution in [0.4, 0.5) is 0 Å². The van der Waals surface area contributed by atoms with Gasteiger partial charge in [-0.25, -0.2) is 15.0 Å². The number of benzene rings is 16. The van der Waals surface area contributed by atoms with Gasteiger partial charge >= 0.3 is 0 Å². The van der Waals surface area contributed by atoms with E-state index in [4.69, 9.17) is 15.0 Å². The average molecular weight is 1380 g/mol. The largest absolute Gasteiger partial charge is 0.309 e. The first kappa shape index (κ1) is 59.8. The molecule has 0 aliphatic rings. The summed E-state index contributed by atoms with van der Waals surface area (Å²) < 4.78 is 14.8. The third-order valence-corrected chi connectivity index (χ3v) is 22.4. The average Bonchev–Trinajstić information content (AvgIpc) is 1.56. The van der Waals surface area contributed by atoms with E-state index in [-0.39, 0.29) is 0 Å². The maximum atomic E-state index is 5.43. The highest BCUT2D eigenvalue weighted by Crippen LogP contribution is 2.47. The van der Waals surface area contributed by atoms with E-state index in [0.29, 0.717) is 17.5 Å². The van der Waals surface area contributed by atoms with Crippen molar-refractivity contribution < 1.29 is 0 Å². The molecule has 0 amide bonds. The van der Waals surface area contributed by atoms with Gasteiger partial charge in [0.25, 0.3) is 0 Å². The number of para-hydroxylation sites is 9. The van der Waals surface area contributed by atoms with Gasteiger partial charge in [-0.3, -0.25) is 0 Å². The first-order chi connectivity index (χ1) is 53.6. The Morgan fingerprint density at radius 1 is 0.148 bits per heavy atom. The van der Waals surface area contributed by atoms with Crippen molar-refractivity contribution in [3.8, 4) is 79.4 Å². The van der Waals surface area contributed by atoms with Crippen LogP contribution in [0.1, 0.15) is 0 Å². The molecule has 7 aromatic heterocycles. The fourth-order valence-corrected chi connectivity index (χ4v) is 17.8. The number of rotatable bonds is 10. The van der Waals surface area contributed by atoms with E-state index < -0.39 is 0 Å². The smallest absolute Gasteiger partial charge is 0.164 e. The topological polar surface area (TPSA) is 68.2 Å². The van der Waals surface area contributed by atoms with Crippen LogP contribution in [0.15, 0.2) is 370 Å². The SMILES string of the molecule is c1ccc(-c2nc(-c3ccccc3)nc(-c3ccc(-n4c5ccc(-n6c7ccccc7c7ccccc76)cc5c5cc(-n6c7ccccc7c7ccccc76)ccc54)c(-c4ccccc4-n4c5ccc(-n6c7ccccc7c7ccccc76)cc5c5cc(-n6c7ccccc7c7ccccc76)ccc54)c3)n2)cc1. The second-order valence-corrected chi connectivity index (χ2v) is 28.2. The molecule has 23 aromatic rings. The van der Waals surface area contributed by atoms with Gasteiger partial charge in [-0.15, -0.1) is 0 Å². The molecule has 9 heteroatoms. The molecule has 502 valence electrons. The van der Waals surface area contributed by atoms with Crippen LogP contribution in [0.2, 0.25) is 0 Å². The second-order valence-electron chi connectivity index (χ2n) is 28.2. The van der Waals surface area contributed by atoms with Gasteiger partial charge in [-0.05, 0) is 146 Å². The summed E-state index contributed by atoms with van der Waals surface area (Å²) in [6.45, 7) is 0. The highest BCUT2D eigenvalue weighted by molar-refractivity contribution is 6.17. The molecule has 0 fully saturated rings. The minimum atomic E-state index is 0.564. The molecule has 0 saturated carbocycles. The lowest BCUT2D eigenvalue weighted by Crippen LogP contribution is -2.04. The Bertz CT molecular complexity index is 7080. The summed E-state index contributed by atoms with van der Waals surface area (Å²) in [7, 11) is 0. The number of fused-ring (bicyclic) bond motifs is 18. The van der Waals surface area contributed by atoms with Crippen molar-refractivity contribution in [1.82, 2.24) is 42.4 Å². The van der Waals surface area contributed by atoms with E-state index in [2.05, 4.69) is 361 Å². The lowest BCUT2D eigenvalue weighted by molar-refractivity contribution is 1.07. The molecule has 9 nitrogen and oxygen atoms in total. The third kappa shape index (κ3) is 8.90. The molecular formula is C99H61N9. The minimum Gasteiger partial charge on any atom is -0.309 e. The van der Waals surface area contributed by atoms with E-state index in [1.54, 1.807) is 0 Å². The Labute approximate surface area is 618 Å². The normalized spacial score (nSPS) is 12.1. The Balaban J connectivity index is 0.814. The fraction of sp³-hybridized carbons (Fsp3) is 0. The zero-order valence-electron chi connectivity index (χ0n) is 58.2. The van der Waals surface area contributed by atoms with Crippen LogP contribution in [-0.4, -0.2) is 42.4 Å². The Kier molecular flexibility index (Phi) is 13.0. The monoisotopic (exact) mass is 1380 g/mol. The van der Waals surface area contributed by atoms with Crippen LogP contribution < -0.4 is 0 Å². The van der Waals surface area contributed by atoms with Gasteiger partial charge in [0.15, 0.2) is 17.5 Å². The molecular weight excluding hydrogens is 1320 g/mol. The minimum absolute atomic E-state index is 0.564. The standard InChI is InChI=1S/C99H61N9/c1-3-25-62(26-4-1)97-100-98(63-27-5-2-6-28-63)102-99(101-97)64-47-52-92(108-95-55-50-67(105-87-42-20-11-33-73(87)74-34-12-21-43-88(74)105)60-81(95)82-61-68(51-56-96(82)108)106-89-44-22-13-35-75(89)76-36-14-23-45-90(76)106)78(57-64)77-37-15-24-46-91(77)107-93-53-48-65(103-83-38-16-7-29-69(83)70-30-8-17-39-84(70)103)58-79(93)80-59-66(49-54-94(80)107)104-85-40-18-9-31-71(85)72-32-10-19-41-86(72)104/h1-61H. The lowest BCUT2D eigenvalue weighted by Gasteiger charge is -2.20. The zero-order valence-corrected chi connectivity index (χ0v) is 58.2. The highest BCUT2D eigenvalue weighted by Gasteiger charge is 2.27. The van der Waals surface area contributed by atoms with Crippen LogP contribution >= 0.6 is 0 Å². The molecule has 108 heavy (non-hydrogen) atoms. The summed E-state index contributed by atoms with van der Waals surface area (Å²) >= 11 is 0.